The number of carboxylic acid groups (broad SMARTS) is 1. The van der Waals surface area contributed by atoms with Gasteiger partial charge in [-0.1, -0.05) is 0 Å². The lowest BCUT2D eigenvalue weighted by atomic mass is 10.1. The molecule has 88 valence electrons. The van der Waals surface area contributed by atoms with E-state index in [4.69, 9.17) is 0 Å². The maximum atomic E-state index is 12.8. The van der Waals surface area contributed by atoms with E-state index >= 15 is 0 Å². The first-order chi connectivity index (χ1) is 8.00. The van der Waals surface area contributed by atoms with Crippen LogP contribution in [0.2, 0.25) is 0 Å². The maximum Gasteiger partial charge on any atom is 0.123 e. The highest BCUT2D eigenvalue weighted by atomic mass is 19.1. The van der Waals surface area contributed by atoms with Gasteiger partial charge in [-0.3, -0.25) is 0 Å². The molecule has 1 heterocycles. The molecule has 0 saturated heterocycles. The average molecular weight is 232 g/mol. The molecule has 17 heavy (non-hydrogen) atoms. The van der Waals surface area contributed by atoms with Crippen LogP contribution in [0.25, 0.3) is 11.3 Å². The zero-order chi connectivity index (χ0) is 12.6. The minimum atomic E-state index is -1.20. The van der Waals surface area contributed by atoms with Crippen molar-refractivity contribution in [3.63, 3.8) is 0 Å². The molecule has 3 nitrogen and oxygen atoms in total. The number of carbonyl (C=O) groups is 1. The molecule has 2 rings (SSSR count). The molecule has 0 bridgehead atoms. The van der Waals surface area contributed by atoms with Crippen molar-refractivity contribution in [3.8, 4) is 11.3 Å². The highest BCUT2D eigenvalue weighted by Crippen LogP contribution is 2.24. The summed E-state index contributed by atoms with van der Waals surface area (Å²) < 4.78 is 14.6. The average Bonchev–Trinajstić information content (AvgIpc) is 2.58. The van der Waals surface area contributed by atoms with E-state index in [1.165, 1.54) is 18.2 Å². The molecule has 2 aromatic rings. The van der Waals surface area contributed by atoms with Gasteiger partial charge in [-0.25, -0.2) is 4.39 Å². The first-order valence-electron chi connectivity index (χ1n) is 5.14. The van der Waals surface area contributed by atoms with Crippen LogP contribution in [0.3, 0.4) is 0 Å². The molecule has 0 aliphatic heterocycles. The monoisotopic (exact) mass is 232 g/mol. The predicted molar refractivity (Wildman–Crippen MR) is 59.9 cm³/mol. The fourth-order valence-corrected chi connectivity index (χ4v) is 1.80. The lowest BCUT2D eigenvalue weighted by Crippen LogP contribution is -2.22. The third-order valence-electron chi connectivity index (χ3n) is 2.90. The summed E-state index contributed by atoms with van der Waals surface area (Å²) in [5.41, 5.74) is 2.27. The summed E-state index contributed by atoms with van der Waals surface area (Å²) in [6, 6.07) is 7.46. The van der Waals surface area contributed by atoms with Crippen molar-refractivity contribution < 1.29 is 14.3 Å². The molecule has 0 radical (unpaired) electrons. The van der Waals surface area contributed by atoms with E-state index in [1.54, 1.807) is 30.7 Å². The summed E-state index contributed by atoms with van der Waals surface area (Å²) >= 11 is 0. The number of aromatic nitrogens is 1. The lowest BCUT2D eigenvalue weighted by Gasteiger charge is -2.05. The second-order valence-electron chi connectivity index (χ2n) is 3.88. The minimum absolute atomic E-state index is 0.159. The molecule has 0 saturated carbocycles. The number of rotatable bonds is 2. The van der Waals surface area contributed by atoms with Crippen LogP contribution in [0.4, 0.5) is 4.39 Å². The standard InChI is InChI=1S/C13H12FNO2/c1-8-11(13(16)17)7-12(15(8)2)9-3-5-10(14)6-4-9/h3-7H,1-2H3,(H,16,17)/p-1. The SMILES string of the molecule is Cc1c(C(=O)[O-])cc(-c2ccc(F)cc2)n1C. The number of benzene rings is 1. The van der Waals surface area contributed by atoms with Gasteiger partial charge in [-0.15, -0.1) is 0 Å². The molecule has 0 fully saturated rings. The van der Waals surface area contributed by atoms with Gasteiger partial charge in [0.15, 0.2) is 0 Å². The van der Waals surface area contributed by atoms with Gasteiger partial charge in [0.05, 0.1) is 5.97 Å². The third kappa shape index (κ3) is 1.93. The Labute approximate surface area is 98.1 Å². The molecule has 0 spiro atoms. The van der Waals surface area contributed by atoms with Crippen LogP contribution >= 0.6 is 0 Å². The van der Waals surface area contributed by atoms with Crippen molar-refractivity contribution in [1.82, 2.24) is 4.57 Å². The molecule has 0 atom stereocenters. The highest BCUT2D eigenvalue weighted by Gasteiger charge is 2.11. The van der Waals surface area contributed by atoms with E-state index < -0.39 is 5.97 Å². The van der Waals surface area contributed by atoms with Gasteiger partial charge >= 0.3 is 0 Å². The van der Waals surface area contributed by atoms with Crippen molar-refractivity contribution in [2.24, 2.45) is 7.05 Å². The summed E-state index contributed by atoms with van der Waals surface area (Å²) in [4.78, 5) is 10.9. The summed E-state index contributed by atoms with van der Waals surface area (Å²) in [6.07, 6.45) is 0. The number of carboxylic acids is 1. The first-order valence-corrected chi connectivity index (χ1v) is 5.14. The predicted octanol–water partition coefficient (Wildman–Crippen LogP) is 1.50. The Morgan fingerprint density at radius 3 is 2.35 bits per heavy atom. The summed E-state index contributed by atoms with van der Waals surface area (Å²) in [7, 11) is 1.76. The molecule has 4 heteroatoms. The molecule has 1 aromatic carbocycles. The number of halogens is 1. The number of nitrogens with zero attached hydrogens (tertiary/aromatic N) is 1. The molecule has 0 aliphatic rings. The van der Waals surface area contributed by atoms with Crippen molar-refractivity contribution in [2.45, 2.75) is 6.92 Å². The summed E-state index contributed by atoms with van der Waals surface area (Å²) in [6.45, 7) is 1.71. The van der Waals surface area contributed by atoms with Crippen LogP contribution < -0.4 is 5.11 Å². The molecule has 0 unspecified atom stereocenters. The lowest BCUT2D eigenvalue weighted by molar-refractivity contribution is -0.255. The van der Waals surface area contributed by atoms with Crippen LogP contribution in [0.15, 0.2) is 30.3 Å². The Morgan fingerprint density at radius 2 is 1.88 bits per heavy atom. The number of hydrogen-bond donors (Lipinski definition) is 0. The van der Waals surface area contributed by atoms with Crippen LogP contribution in [0, 0.1) is 12.7 Å². The van der Waals surface area contributed by atoms with Gasteiger partial charge in [0.2, 0.25) is 0 Å². The van der Waals surface area contributed by atoms with Gasteiger partial charge in [-0.2, -0.15) is 0 Å². The van der Waals surface area contributed by atoms with Gasteiger partial charge in [0.1, 0.15) is 5.82 Å². The maximum absolute atomic E-state index is 12.8. The first kappa shape index (κ1) is 11.4. The molecular formula is C13H11FNO2-. The van der Waals surface area contributed by atoms with Crippen LogP contribution in [-0.2, 0) is 7.05 Å². The Kier molecular flexibility index (Phi) is 2.71. The van der Waals surface area contributed by atoms with Gasteiger partial charge in [0, 0.05) is 24.0 Å². The van der Waals surface area contributed by atoms with Gasteiger partial charge < -0.3 is 14.5 Å². The van der Waals surface area contributed by atoms with Gasteiger partial charge in [0.25, 0.3) is 0 Å². The van der Waals surface area contributed by atoms with Crippen LogP contribution in [-0.4, -0.2) is 10.5 Å². The van der Waals surface area contributed by atoms with Crippen LogP contribution in [0.5, 0.6) is 0 Å². The highest BCUT2D eigenvalue weighted by molar-refractivity contribution is 5.89. The second-order valence-corrected chi connectivity index (χ2v) is 3.88. The Hall–Kier alpha value is -2.10. The molecule has 0 amide bonds. The topological polar surface area (TPSA) is 45.1 Å². The number of hydrogen-bond acceptors (Lipinski definition) is 2. The largest absolute Gasteiger partial charge is 0.545 e. The molecule has 0 N–H and O–H groups in total. The van der Waals surface area contributed by atoms with E-state index in [2.05, 4.69) is 0 Å². The fraction of sp³-hybridized carbons (Fsp3) is 0.154. The molecule has 0 aliphatic carbocycles. The van der Waals surface area contributed by atoms with Crippen LogP contribution in [0.1, 0.15) is 16.1 Å². The van der Waals surface area contributed by atoms with E-state index in [1.807, 2.05) is 0 Å². The number of aromatic carboxylic acids is 1. The van der Waals surface area contributed by atoms with Crippen molar-refractivity contribution in [1.29, 1.82) is 0 Å². The van der Waals surface area contributed by atoms with Crippen molar-refractivity contribution >= 4 is 5.97 Å². The normalized spacial score (nSPS) is 10.5. The molecule has 1 aromatic heterocycles. The van der Waals surface area contributed by atoms with Crippen molar-refractivity contribution in [2.75, 3.05) is 0 Å². The van der Waals surface area contributed by atoms with Crippen molar-refractivity contribution in [3.05, 3.63) is 47.4 Å². The van der Waals surface area contributed by atoms with E-state index in [0.717, 1.165) is 11.3 Å². The number of carbonyl (C=O) groups excluding carboxylic acids is 1. The zero-order valence-electron chi connectivity index (χ0n) is 9.53. The fourth-order valence-electron chi connectivity index (χ4n) is 1.80. The van der Waals surface area contributed by atoms with E-state index in [0.29, 0.717) is 5.69 Å². The van der Waals surface area contributed by atoms with E-state index in [-0.39, 0.29) is 11.4 Å². The third-order valence-corrected chi connectivity index (χ3v) is 2.90. The minimum Gasteiger partial charge on any atom is -0.545 e. The quantitative estimate of drug-likeness (QED) is 0.787. The summed E-state index contributed by atoms with van der Waals surface area (Å²) in [5, 5.41) is 10.9. The van der Waals surface area contributed by atoms with E-state index in [9.17, 15) is 14.3 Å². The summed E-state index contributed by atoms with van der Waals surface area (Å²) in [5.74, 6) is -1.52. The zero-order valence-corrected chi connectivity index (χ0v) is 9.53. The second kappa shape index (κ2) is 4.05. The Balaban J connectivity index is 2.56. The smallest absolute Gasteiger partial charge is 0.123 e. The Bertz CT molecular complexity index is 570. The Morgan fingerprint density at radius 1 is 1.29 bits per heavy atom. The van der Waals surface area contributed by atoms with Gasteiger partial charge in [-0.05, 0) is 42.8 Å². The molecular weight excluding hydrogens is 221 g/mol.